The molecule has 0 unspecified atom stereocenters. The summed E-state index contributed by atoms with van der Waals surface area (Å²) in [5.41, 5.74) is 11.7. The quantitative estimate of drug-likeness (QED) is 0.169. The van der Waals surface area contributed by atoms with Crippen molar-refractivity contribution in [2.24, 2.45) is 0 Å². The van der Waals surface area contributed by atoms with Gasteiger partial charge in [0.25, 0.3) is 0 Å². The molecular weight excluding hydrogens is 640 g/mol. The number of ether oxygens (including phenoxy) is 1. The predicted molar refractivity (Wildman–Crippen MR) is 206 cm³/mol. The van der Waals surface area contributed by atoms with Crippen molar-refractivity contribution in [3.05, 3.63) is 87.9 Å². The van der Waals surface area contributed by atoms with Gasteiger partial charge >= 0.3 is 0 Å². The molecule has 3 nitrogen and oxygen atoms in total. The molecule has 9 rings (SSSR count). The number of hydrogen-bond donors (Lipinski definition) is 0. The van der Waals surface area contributed by atoms with Crippen LogP contribution >= 0.6 is 15.9 Å². The number of benzene rings is 5. The Morgan fingerprint density at radius 1 is 0.468 bits per heavy atom. The van der Waals surface area contributed by atoms with Crippen LogP contribution in [0.4, 0.5) is 0 Å². The minimum Gasteiger partial charge on any atom is -0.495 e. The molecule has 0 amide bonds. The van der Waals surface area contributed by atoms with E-state index < -0.39 is 0 Å². The van der Waals surface area contributed by atoms with Crippen molar-refractivity contribution >= 4 is 92.1 Å². The Bertz CT molecular complexity index is 2770. The first-order valence-electron chi connectivity index (χ1n) is 16.8. The Balaban J connectivity index is 1.54. The van der Waals surface area contributed by atoms with Crippen LogP contribution in [0.15, 0.2) is 71.2 Å². The zero-order valence-corrected chi connectivity index (χ0v) is 30.6. The van der Waals surface area contributed by atoms with Gasteiger partial charge in [-0.05, 0) is 103 Å². The highest BCUT2D eigenvalue weighted by atomic mass is 79.9. The van der Waals surface area contributed by atoms with E-state index in [-0.39, 0.29) is 16.2 Å². The molecule has 0 aliphatic carbocycles. The summed E-state index contributed by atoms with van der Waals surface area (Å²) >= 11 is 3.96. The summed E-state index contributed by atoms with van der Waals surface area (Å²) in [4.78, 5) is 0. The third-order valence-electron chi connectivity index (χ3n) is 10.8. The second kappa shape index (κ2) is 8.90. The van der Waals surface area contributed by atoms with E-state index in [1.54, 1.807) is 7.11 Å². The molecule has 9 aromatic rings. The fourth-order valence-corrected chi connectivity index (χ4v) is 8.84. The van der Waals surface area contributed by atoms with Crippen LogP contribution in [0.25, 0.3) is 76.2 Å². The molecule has 0 saturated heterocycles. The van der Waals surface area contributed by atoms with Crippen molar-refractivity contribution in [3.63, 3.8) is 0 Å². The second-order valence-corrected chi connectivity index (χ2v) is 17.7. The van der Waals surface area contributed by atoms with Gasteiger partial charge in [0.05, 0.1) is 50.1 Å². The Morgan fingerprint density at radius 3 is 1.47 bits per heavy atom. The Morgan fingerprint density at radius 2 is 0.915 bits per heavy atom. The van der Waals surface area contributed by atoms with E-state index in [0.29, 0.717) is 0 Å². The zero-order valence-electron chi connectivity index (χ0n) is 29.0. The van der Waals surface area contributed by atoms with Crippen LogP contribution in [0.5, 0.6) is 5.75 Å². The predicted octanol–water partition coefficient (Wildman–Crippen LogP) is 12.7. The third kappa shape index (κ3) is 3.68. The molecule has 0 aliphatic heterocycles. The lowest BCUT2D eigenvalue weighted by atomic mass is 9.84. The standard InChI is InChI=1S/C43H41BrN2O/c1-41(2,3)22-11-13-31-25(17-22)26-19-24(43(7,8)9)20-28-35-33(45(31)38(26)28)15-16-34-36(35)29-21-30(44)40(47-10)37-27-18-23(42(4,5)6)12-14-32(27)46(34)39(29)37/h11-21H,1-10H3. The van der Waals surface area contributed by atoms with Crippen LogP contribution in [-0.2, 0) is 16.2 Å². The number of halogens is 1. The van der Waals surface area contributed by atoms with Crippen molar-refractivity contribution < 1.29 is 4.74 Å². The largest absolute Gasteiger partial charge is 0.495 e. The van der Waals surface area contributed by atoms with Gasteiger partial charge in [0.2, 0.25) is 0 Å². The molecule has 0 bridgehead atoms. The molecule has 0 saturated carbocycles. The molecule has 47 heavy (non-hydrogen) atoms. The monoisotopic (exact) mass is 680 g/mol. The van der Waals surface area contributed by atoms with Gasteiger partial charge in [-0.15, -0.1) is 0 Å². The lowest BCUT2D eigenvalue weighted by Crippen LogP contribution is -2.11. The first-order chi connectivity index (χ1) is 22.1. The first-order valence-corrected chi connectivity index (χ1v) is 17.6. The van der Waals surface area contributed by atoms with Crippen molar-refractivity contribution in [1.82, 2.24) is 8.80 Å². The normalized spacial score (nSPS) is 13.9. The van der Waals surface area contributed by atoms with E-state index in [4.69, 9.17) is 4.74 Å². The number of methoxy groups -OCH3 is 1. The maximum absolute atomic E-state index is 6.13. The second-order valence-electron chi connectivity index (χ2n) is 16.8. The van der Waals surface area contributed by atoms with Gasteiger partial charge in [0.15, 0.2) is 0 Å². The van der Waals surface area contributed by atoms with Crippen molar-refractivity contribution in [2.45, 2.75) is 78.6 Å². The van der Waals surface area contributed by atoms with Gasteiger partial charge in [-0.25, -0.2) is 0 Å². The summed E-state index contributed by atoms with van der Waals surface area (Å²) in [6.07, 6.45) is 0. The average Bonchev–Trinajstić information content (AvgIpc) is 3.71. The number of hydrogen-bond acceptors (Lipinski definition) is 1. The Hall–Kier alpha value is -4.02. The lowest BCUT2D eigenvalue weighted by molar-refractivity contribution is 0.417. The molecule has 0 N–H and O–H groups in total. The maximum Gasteiger partial charge on any atom is 0.143 e. The molecule has 0 atom stereocenters. The average molecular weight is 682 g/mol. The summed E-state index contributed by atoms with van der Waals surface area (Å²) in [7, 11) is 1.79. The van der Waals surface area contributed by atoms with E-state index in [2.05, 4.69) is 154 Å². The van der Waals surface area contributed by atoms with Gasteiger partial charge in [-0.3, -0.25) is 0 Å². The lowest BCUT2D eigenvalue weighted by Gasteiger charge is -2.20. The molecule has 0 radical (unpaired) electrons. The van der Waals surface area contributed by atoms with Gasteiger partial charge in [-0.2, -0.15) is 0 Å². The summed E-state index contributed by atoms with van der Waals surface area (Å²) in [5, 5.41) is 10.3. The minimum atomic E-state index is 0.00407. The van der Waals surface area contributed by atoms with Gasteiger partial charge in [0.1, 0.15) is 5.75 Å². The number of nitrogens with zero attached hydrogens (tertiary/aromatic N) is 2. The SMILES string of the molecule is COc1c(Br)cc2c3c4c5cc(C(C)(C)C)cc6c7cc(C(C)(C)C)ccc7n(c4ccc3n3c4ccc(C(C)(C)C)cc4c1c23)c65. The highest BCUT2D eigenvalue weighted by Gasteiger charge is 2.29. The van der Waals surface area contributed by atoms with Crippen LogP contribution in [0, 0.1) is 0 Å². The minimum absolute atomic E-state index is 0.00407. The maximum atomic E-state index is 6.13. The third-order valence-corrected chi connectivity index (χ3v) is 11.4. The summed E-state index contributed by atoms with van der Waals surface area (Å²) in [5.74, 6) is 0.895. The fourth-order valence-electron chi connectivity index (χ4n) is 8.25. The van der Waals surface area contributed by atoms with E-state index in [1.807, 2.05) is 0 Å². The zero-order chi connectivity index (χ0) is 33.1. The fraction of sp³-hybridized carbons (Fsp3) is 0.302. The summed E-state index contributed by atoms with van der Waals surface area (Å²) in [6, 6.07) is 26.1. The molecule has 236 valence electrons. The molecular formula is C43H41BrN2O. The Kier molecular flexibility index (Phi) is 5.52. The van der Waals surface area contributed by atoms with Crippen molar-refractivity contribution in [3.8, 4) is 5.75 Å². The van der Waals surface area contributed by atoms with E-state index in [9.17, 15) is 0 Å². The molecule has 4 heterocycles. The van der Waals surface area contributed by atoms with Crippen LogP contribution in [0.2, 0.25) is 0 Å². The van der Waals surface area contributed by atoms with Crippen molar-refractivity contribution in [2.75, 3.05) is 7.11 Å². The van der Waals surface area contributed by atoms with Gasteiger partial charge in [-0.1, -0.05) is 74.4 Å². The molecule has 5 aromatic carbocycles. The number of aromatic nitrogens is 2. The van der Waals surface area contributed by atoms with Crippen molar-refractivity contribution in [1.29, 1.82) is 0 Å². The Labute approximate surface area is 283 Å². The first kappa shape index (κ1) is 29.1. The molecule has 0 fully saturated rings. The van der Waals surface area contributed by atoms with E-state index in [0.717, 1.165) is 10.2 Å². The van der Waals surface area contributed by atoms with Crippen LogP contribution in [-0.4, -0.2) is 15.9 Å². The van der Waals surface area contributed by atoms with E-state index in [1.165, 1.54) is 92.9 Å². The number of fused-ring (bicyclic) bond motifs is 13. The van der Waals surface area contributed by atoms with Gasteiger partial charge < -0.3 is 13.5 Å². The highest BCUT2D eigenvalue weighted by Crippen LogP contribution is 2.51. The van der Waals surface area contributed by atoms with Crippen LogP contribution in [0.3, 0.4) is 0 Å². The smallest absolute Gasteiger partial charge is 0.143 e. The summed E-state index contributed by atoms with van der Waals surface area (Å²) < 4.78 is 12.1. The highest BCUT2D eigenvalue weighted by molar-refractivity contribution is 9.10. The molecule has 0 aliphatic rings. The van der Waals surface area contributed by atoms with Crippen LogP contribution in [0.1, 0.15) is 79.0 Å². The molecule has 0 spiro atoms. The van der Waals surface area contributed by atoms with Crippen LogP contribution < -0.4 is 4.74 Å². The molecule has 4 heteroatoms. The summed E-state index contributed by atoms with van der Waals surface area (Å²) in [6.45, 7) is 20.8. The molecule has 4 aromatic heterocycles. The number of rotatable bonds is 1. The topological polar surface area (TPSA) is 18.1 Å². The van der Waals surface area contributed by atoms with Gasteiger partial charge in [0, 0.05) is 37.7 Å². The van der Waals surface area contributed by atoms with E-state index >= 15 is 0 Å².